The van der Waals surface area contributed by atoms with Crippen LogP contribution in [0.2, 0.25) is 0 Å². The minimum atomic E-state index is 0.895. The van der Waals surface area contributed by atoms with Crippen molar-refractivity contribution in [1.29, 1.82) is 0 Å². The van der Waals surface area contributed by atoms with Crippen LogP contribution in [0.5, 0.6) is 0 Å². The molecule has 2 heteroatoms. The van der Waals surface area contributed by atoms with Crippen LogP contribution < -0.4 is 0 Å². The van der Waals surface area contributed by atoms with E-state index in [-0.39, 0.29) is 0 Å². The highest BCUT2D eigenvalue weighted by molar-refractivity contribution is 5.74. The highest BCUT2D eigenvalue weighted by atomic mass is 15.1. The number of hydrogen-bond donors (Lipinski definition) is 0. The molecule has 54 valence electrons. The Kier molecular flexibility index (Phi) is 1.32. The molecular weight excluding hydrogens is 136 g/mol. The minimum absolute atomic E-state index is 0.895. The van der Waals surface area contributed by atoms with Gasteiger partial charge < -0.3 is 0 Å². The third-order valence-electron chi connectivity index (χ3n) is 1.75. The Hall–Kier alpha value is -1.44. The monoisotopic (exact) mass is 144 g/mol. The van der Waals surface area contributed by atoms with Gasteiger partial charge in [-0.05, 0) is 18.1 Å². The van der Waals surface area contributed by atoms with Crippen molar-refractivity contribution < 1.29 is 0 Å². The lowest BCUT2D eigenvalue weighted by molar-refractivity contribution is 0.995. The second kappa shape index (κ2) is 2.31. The lowest BCUT2D eigenvalue weighted by Crippen LogP contribution is -1.97. The van der Waals surface area contributed by atoms with Crippen molar-refractivity contribution in [2.75, 3.05) is 0 Å². The molecule has 0 radical (unpaired) electrons. The van der Waals surface area contributed by atoms with Crippen molar-refractivity contribution in [3.05, 3.63) is 36.2 Å². The molecule has 1 heterocycles. The molecule has 0 spiro atoms. The first-order valence-electron chi connectivity index (χ1n) is 3.54. The van der Waals surface area contributed by atoms with Gasteiger partial charge in [-0.25, -0.2) is 0 Å². The van der Waals surface area contributed by atoms with Gasteiger partial charge in [0, 0.05) is 5.56 Å². The van der Waals surface area contributed by atoms with E-state index in [0.717, 1.165) is 23.3 Å². The molecule has 0 bridgehead atoms. The van der Waals surface area contributed by atoms with Crippen molar-refractivity contribution in [3.63, 3.8) is 0 Å². The molecule has 1 aromatic heterocycles. The molecule has 0 atom stereocenters. The van der Waals surface area contributed by atoms with Gasteiger partial charge in [0.05, 0.1) is 11.9 Å². The van der Waals surface area contributed by atoms with Crippen LogP contribution in [-0.2, 0) is 0 Å². The molecule has 11 heavy (non-hydrogen) atoms. The number of fused-ring (bicyclic) bond motifs is 1. The molecule has 0 saturated heterocycles. The van der Waals surface area contributed by atoms with Crippen LogP contribution >= 0.6 is 0 Å². The third kappa shape index (κ3) is 0.963. The quantitative estimate of drug-likeness (QED) is 0.555. The van der Waals surface area contributed by atoms with E-state index in [4.69, 9.17) is 0 Å². The van der Waals surface area contributed by atoms with E-state index in [1.807, 2.05) is 6.07 Å². The Morgan fingerprint density at radius 2 is 2.36 bits per heavy atom. The molecule has 0 amide bonds. The van der Waals surface area contributed by atoms with E-state index in [2.05, 4.69) is 28.9 Å². The fourth-order valence-corrected chi connectivity index (χ4v) is 1.18. The van der Waals surface area contributed by atoms with Crippen molar-refractivity contribution in [2.45, 2.75) is 6.42 Å². The molecule has 0 fully saturated rings. The molecular formula is C9H8N2. The van der Waals surface area contributed by atoms with Gasteiger partial charge in [-0.3, -0.25) is 0 Å². The zero-order chi connectivity index (χ0) is 7.68. The fraction of sp³-hybridized carbons (Fsp3) is 0.111. The zero-order valence-electron chi connectivity index (χ0n) is 6.12. The third-order valence-corrected chi connectivity index (χ3v) is 1.75. The van der Waals surface area contributed by atoms with Gasteiger partial charge in [-0.1, -0.05) is 18.7 Å². The molecule has 2 rings (SSSR count). The van der Waals surface area contributed by atoms with Gasteiger partial charge in [0.15, 0.2) is 0 Å². The molecule has 1 aliphatic carbocycles. The highest BCUT2D eigenvalue weighted by Crippen LogP contribution is 2.23. The summed E-state index contributed by atoms with van der Waals surface area (Å²) >= 11 is 0. The van der Waals surface area contributed by atoms with Crippen molar-refractivity contribution in [3.8, 4) is 0 Å². The van der Waals surface area contributed by atoms with Crippen LogP contribution in [0.25, 0.3) is 11.6 Å². The maximum absolute atomic E-state index is 4.00. The first-order valence-corrected chi connectivity index (χ1v) is 3.54. The lowest BCUT2D eigenvalue weighted by atomic mass is 10.00. The Morgan fingerprint density at radius 3 is 3.18 bits per heavy atom. The van der Waals surface area contributed by atoms with E-state index in [0.29, 0.717) is 0 Å². The molecule has 2 nitrogen and oxygen atoms in total. The molecule has 0 aliphatic heterocycles. The predicted octanol–water partition coefficient (Wildman–Crippen LogP) is 1.91. The van der Waals surface area contributed by atoms with E-state index in [1.54, 1.807) is 6.20 Å². The molecule has 0 unspecified atom stereocenters. The Bertz CT molecular complexity index is 326. The van der Waals surface area contributed by atoms with Crippen LogP contribution in [0.4, 0.5) is 0 Å². The topological polar surface area (TPSA) is 25.8 Å². The van der Waals surface area contributed by atoms with Gasteiger partial charge >= 0.3 is 0 Å². The van der Waals surface area contributed by atoms with Crippen LogP contribution in [0.15, 0.2) is 24.9 Å². The largest absolute Gasteiger partial charge is 0.159 e. The van der Waals surface area contributed by atoms with Crippen LogP contribution in [0.1, 0.15) is 17.7 Å². The van der Waals surface area contributed by atoms with E-state index >= 15 is 0 Å². The van der Waals surface area contributed by atoms with Crippen LogP contribution in [-0.4, -0.2) is 10.2 Å². The number of allylic oxidation sites excluding steroid dienone is 2. The van der Waals surface area contributed by atoms with Gasteiger partial charge in [0.2, 0.25) is 0 Å². The number of nitrogens with zero attached hydrogens (tertiary/aromatic N) is 2. The maximum atomic E-state index is 4.00. The van der Waals surface area contributed by atoms with Crippen LogP contribution in [0.3, 0.4) is 0 Å². The van der Waals surface area contributed by atoms with Gasteiger partial charge in [-0.15, -0.1) is 0 Å². The average Bonchev–Trinajstić information content (AvgIpc) is 2.06. The molecule has 0 N–H and O–H groups in total. The summed E-state index contributed by atoms with van der Waals surface area (Å²) < 4.78 is 0. The molecule has 1 aliphatic rings. The fourth-order valence-electron chi connectivity index (χ4n) is 1.18. The lowest BCUT2D eigenvalue weighted by Gasteiger charge is -2.08. The number of hydrogen-bond acceptors (Lipinski definition) is 2. The van der Waals surface area contributed by atoms with E-state index in [1.165, 1.54) is 0 Å². The summed E-state index contributed by atoms with van der Waals surface area (Å²) in [6.45, 7) is 3.90. The zero-order valence-corrected chi connectivity index (χ0v) is 6.12. The van der Waals surface area contributed by atoms with Gasteiger partial charge in [-0.2, -0.15) is 10.2 Å². The van der Waals surface area contributed by atoms with Gasteiger partial charge in [0.25, 0.3) is 0 Å². The smallest absolute Gasteiger partial charge is 0.0958 e. The standard InChI is InChI=1S/C9H8N2/c1-7-3-2-4-8-5-6-10-11-9(7)8/h2,4-6H,1,3H2. The SMILES string of the molecule is C=C1CC=Cc2ccnnc21. The first kappa shape index (κ1) is 6.28. The normalized spacial score (nSPS) is 14.7. The second-order valence-corrected chi connectivity index (χ2v) is 2.55. The highest BCUT2D eigenvalue weighted by Gasteiger charge is 2.07. The maximum Gasteiger partial charge on any atom is 0.0958 e. The summed E-state index contributed by atoms with van der Waals surface area (Å²) in [4.78, 5) is 0. The molecule has 0 saturated carbocycles. The second-order valence-electron chi connectivity index (χ2n) is 2.55. The summed E-state index contributed by atoms with van der Waals surface area (Å²) in [5.41, 5.74) is 3.11. The summed E-state index contributed by atoms with van der Waals surface area (Å²) in [6.07, 6.45) is 6.73. The number of rotatable bonds is 0. The van der Waals surface area contributed by atoms with Gasteiger partial charge in [0.1, 0.15) is 0 Å². The van der Waals surface area contributed by atoms with Crippen LogP contribution in [0, 0.1) is 0 Å². The summed E-state index contributed by atoms with van der Waals surface area (Å²) in [5.74, 6) is 0. The summed E-state index contributed by atoms with van der Waals surface area (Å²) in [6, 6.07) is 1.95. The first-order chi connectivity index (χ1) is 5.38. The van der Waals surface area contributed by atoms with Crippen molar-refractivity contribution >= 4 is 11.6 Å². The Balaban J connectivity index is 2.63. The van der Waals surface area contributed by atoms with E-state index < -0.39 is 0 Å². The molecule has 0 aromatic carbocycles. The Labute approximate surface area is 65.3 Å². The van der Waals surface area contributed by atoms with E-state index in [9.17, 15) is 0 Å². The number of aromatic nitrogens is 2. The predicted molar refractivity (Wildman–Crippen MR) is 44.7 cm³/mol. The summed E-state index contributed by atoms with van der Waals surface area (Å²) in [5, 5.41) is 7.80. The minimum Gasteiger partial charge on any atom is -0.159 e. The Morgan fingerprint density at radius 1 is 1.45 bits per heavy atom. The summed E-state index contributed by atoms with van der Waals surface area (Å²) in [7, 11) is 0. The van der Waals surface area contributed by atoms with Crippen molar-refractivity contribution in [1.82, 2.24) is 10.2 Å². The average molecular weight is 144 g/mol. The van der Waals surface area contributed by atoms with Crippen molar-refractivity contribution in [2.24, 2.45) is 0 Å². The molecule has 1 aromatic rings.